The molecule has 1 saturated heterocycles. The summed E-state index contributed by atoms with van der Waals surface area (Å²) in [6.07, 6.45) is 1.45. The van der Waals surface area contributed by atoms with Gasteiger partial charge in [-0.05, 0) is 29.6 Å². The first-order valence-electron chi connectivity index (χ1n) is 6.38. The molecule has 1 aliphatic rings. The maximum absolute atomic E-state index is 12.1. The zero-order valence-corrected chi connectivity index (χ0v) is 12.7. The quantitative estimate of drug-likeness (QED) is 0.934. The van der Waals surface area contributed by atoms with Crippen molar-refractivity contribution >= 4 is 32.2 Å². The summed E-state index contributed by atoms with van der Waals surface area (Å²) in [5.41, 5.74) is 0. The molecule has 0 aliphatic carbocycles. The monoisotopic (exact) mass is 326 g/mol. The first kappa shape index (κ1) is 14.2. The van der Waals surface area contributed by atoms with Crippen LogP contribution in [0.4, 0.5) is 9.80 Å². The first-order valence-corrected chi connectivity index (χ1v) is 8.97. The Morgan fingerprint density at radius 2 is 2.19 bits per heavy atom. The molecule has 2 amide bonds. The number of furan rings is 1. The van der Waals surface area contributed by atoms with E-state index in [1.807, 2.05) is 11.4 Å². The van der Waals surface area contributed by atoms with E-state index < -0.39 is 15.1 Å². The summed E-state index contributed by atoms with van der Waals surface area (Å²) in [7, 11) is -3.29. The van der Waals surface area contributed by atoms with Crippen LogP contribution in [0.3, 0.4) is 0 Å². The van der Waals surface area contributed by atoms with Gasteiger partial charge in [-0.2, -0.15) is 0 Å². The van der Waals surface area contributed by atoms with Crippen molar-refractivity contribution in [2.45, 2.75) is 11.0 Å². The summed E-state index contributed by atoms with van der Waals surface area (Å²) in [6.45, 7) is 0.445. The molecule has 0 bridgehead atoms. The van der Waals surface area contributed by atoms with Crippen LogP contribution in [0, 0.1) is 0 Å². The van der Waals surface area contributed by atoms with E-state index >= 15 is 0 Å². The van der Waals surface area contributed by atoms with Crippen molar-refractivity contribution in [3.05, 3.63) is 41.7 Å². The molecule has 8 heteroatoms. The van der Waals surface area contributed by atoms with Crippen molar-refractivity contribution in [1.29, 1.82) is 0 Å². The summed E-state index contributed by atoms with van der Waals surface area (Å²) in [6, 6.07) is 6.67. The van der Waals surface area contributed by atoms with Crippen molar-refractivity contribution in [3.63, 3.8) is 0 Å². The van der Waals surface area contributed by atoms with Crippen LogP contribution in [0.1, 0.15) is 5.76 Å². The highest BCUT2D eigenvalue weighted by molar-refractivity contribution is 7.91. The average molecular weight is 326 g/mol. The molecule has 0 aromatic carbocycles. The number of sulfone groups is 1. The van der Waals surface area contributed by atoms with Crippen molar-refractivity contribution in [3.8, 4) is 0 Å². The molecule has 1 N–H and O–H groups in total. The number of nitrogens with zero attached hydrogens (tertiary/aromatic N) is 1. The smallest absolute Gasteiger partial charge is 0.322 e. The maximum Gasteiger partial charge on any atom is 0.322 e. The predicted octanol–water partition coefficient (Wildman–Crippen LogP) is 2.17. The molecule has 3 rings (SSSR count). The lowest BCUT2D eigenvalue weighted by Crippen LogP contribution is -2.58. The highest BCUT2D eigenvalue weighted by Crippen LogP contribution is 2.22. The van der Waals surface area contributed by atoms with Gasteiger partial charge in [-0.25, -0.2) is 13.2 Å². The Hall–Kier alpha value is -1.80. The molecule has 6 nitrogen and oxygen atoms in total. The zero-order chi connectivity index (χ0) is 14.9. The zero-order valence-electron chi connectivity index (χ0n) is 11.1. The standard InChI is InChI=1S/C13H14N2O4S2/c16-13(14-12-4-2-6-20-12)15-7-11(8-15)21(17,18)9-10-3-1-5-19-10/h1-6,11H,7-9H2,(H,14,16). The van der Waals surface area contributed by atoms with E-state index in [4.69, 9.17) is 4.42 Å². The van der Waals surface area contributed by atoms with E-state index in [-0.39, 0.29) is 24.9 Å². The molecule has 0 spiro atoms. The third-order valence-electron chi connectivity index (χ3n) is 3.32. The van der Waals surface area contributed by atoms with Gasteiger partial charge in [0.1, 0.15) is 11.5 Å². The molecule has 0 saturated carbocycles. The molecule has 21 heavy (non-hydrogen) atoms. The Kier molecular flexibility index (Phi) is 3.73. The first-order chi connectivity index (χ1) is 10.0. The number of urea groups is 1. The van der Waals surface area contributed by atoms with Gasteiger partial charge in [-0.3, -0.25) is 5.32 Å². The molecule has 2 aromatic rings. The summed E-state index contributed by atoms with van der Waals surface area (Å²) in [4.78, 5) is 13.4. The fraction of sp³-hybridized carbons (Fsp3) is 0.308. The number of nitrogens with one attached hydrogen (secondary N) is 1. The van der Waals surface area contributed by atoms with E-state index in [9.17, 15) is 13.2 Å². The van der Waals surface area contributed by atoms with Crippen LogP contribution in [0.5, 0.6) is 0 Å². The summed E-state index contributed by atoms with van der Waals surface area (Å²) in [5.74, 6) is 0.307. The second-order valence-electron chi connectivity index (χ2n) is 4.82. The van der Waals surface area contributed by atoms with Crippen molar-refractivity contribution in [2.24, 2.45) is 0 Å². The van der Waals surface area contributed by atoms with E-state index in [0.29, 0.717) is 5.76 Å². The minimum Gasteiger partial charge on any atom is -0.468 e. The normalized spacial score (nSPS) is 15.7. The number of likely N-dealkylation sites (tertiary alicyclic amines) is 1. The number of rotatable bonds is 4. The molecular weight excluding hydrogens is 312 g/mol. The third kappa shape index (κ3) is 3.11. The second-order valence-corrected chi connectivity index (χ2v) is 8.05. The van der Waals surface area contributed by atoms with Crippen LogP contribution in [0.2, 0.25) is 0 Å². The van der Waals surface area contributed by atoms with Gasteiger partial charge in [0.15, 0.2) is 9.84 Å². The Morgan fingerprint density at radius 3 is 2.81 bits per heavy atom. The van der Waals surface area contributed by atoms with Gasteiger partial charge in [0.05, 0.1) is 16.5 Å². The minimum absolute atomic E-state index is 0.120. The summed E-state index contributed by atoms with van der Waals surface area (Å²) in [5, 5.41) is 4.83. The van der Waals surface area contributed by atoms with Crippen LogP contribution in [0.25, 0.3) is 0 Å². The number of hydrogen-bond acceptors (Lipinski definition) is 5. The molecular formula is C13H14N2O4S2. The fourth-order valence-corrected chi connectivity index (χ4v) is 4.29. The van der Waals surface area contributed by atoms with Crippen LogP contribution < -0.4 is 5.32 Å². The molecule has 1 fully saturated rings. The predicted molar refractivity (Wildman–Crippen MR) is 80.0 cm³/mol. The summed E-state index contributed by atoms with van der Waals surface area (Å²) < 4.78 is 29.4. The number of carbonyl (C=O) groups excluding carboxylic acids is 1. The van der Waals surface area contributed by atoms with Gasteiger partial charge >= 0.3 is 6.03 Å². The Balaban J connectivity index is 1.54. The highest BCUT2D eigenvalue weighted by Gasteiger charge is 2.40. The van der Waals surface area contributed by atoms with Gasteiger partial charge in [-0.15, -0.1) is 11.3 Å². The fourth-order valence-electron chi connectivity index (χ4n) is 2.08. The molecule has 112 valence electrons. The van der Waals surface area contributed by atoms with Crippen molar-refractivity contribution < 1.29 is 17.6 Å². The molecule has 3 heterocycles. The van der Waals surface area contributed by atoms with Gasteiger partial charge in [0.2, 0.25) is 0 Å². The van der Waals surface area contributed by atoms with E-state index in [1.165, 1.54) is 22.5 Å². The Morgan fingerprint density at radius 1 is 1.38 bits per heavy atom. The maximum atomic E-state index is 12.1. The van der Waals surface area contributed by atoms with Gasteiger partial charge in [0, 0.05) is 13.1 Å². The van der Waals surface area contributed by atoms with E-state index in [2.05, 4.69) is 5.32 Å². The lowest BCUT2D eigenvalue weighted by Gasteiger charge is -2.38. The number of hydrogen-bond donors (Lipinski definition) is 1. The molecule has 1 aliphatic heterocycles. The van der Waals surface area contributed by atoms with E-state index in [0.717, 1.165) is 5.00 Å². The SMILES string of the molecule is O=C(Nc1cccs1)N1CC(S(=O)(=O)Cc2ccco2)C1. The lowest BCUT2D eigenvalue weighted by molar-refractivity contribution is 0.182. The van der Waals surface area contributed by atoms with Crippen molar-refractivity contribution in [2.75, 3.05) is 18.4 Å². The van der Waals surface area contributed by atoms with Crippen LogP contribution in [-0.2, 0) is 15.6 Å². The van der Waals surface area contributed by atoms with Crippen LogP contribution >= 0.6 is 11.3 Å². The van der Waals surface area contributed by atoms with Crippen LogP contribution in [0.15, 0.2) is 40.3 Å². The lowest BCUT2D eigenvalue weighted by atomic mass is 10.2. The number of carbonyl (C=O) groups is 1. The topological polar surface area (TPSA) is 79.6 Å². The molecule has 0 radical (unpaired) electrons. The number of thiophene rings is 1. The summed E-state index contributed by atoms with van der Waals surface area (Å²) >= 11 is 1.42. The third-order valence-corrected chi connectivity index (χ3v) is 6.10. The largest absolute Gasteiger partial charge is 0.468 e. The number of amides is 2. The molecule has 0 atom stereocenters. The highest BCUT2D eigenvalue weighted by atomic mass is 32.2. The molecule has 2 aromatic heterocycles. The average Bonchev–Trinajstić information content (AvgIpc) is 2.99. The number of anilines is 1. The van der Waals surface area contributed by atoms with Gasteiger partial charge in [-0.1, -0.05) is 0 Å². The Labute approximate surface area is 126 Å². The van der Waals surface area contributed by atoms with Crippen molar-refractivity contribution in [1.82, 2.24) is 4.90 Å². The Bertz CT molecular complexity index is 701. The molecule has 0 unspecified atom stereocenters. The second kappa shape index (κ2) is 5.53. The van der Waals surface area contributed by atoms with Crippen LogP contribution in [-0.4, -0.2) is 37.7 Å². The van der Waals surface area contributed by atoms with E-state index in [1.54, 1.807) is 18.2 Å². The van der Waals surface area contributed by atoms with Gasteiger partial charge in [0.25, 0.3) is 0 Å². The minimum atomic E-state index is -3.29. The van der Waals surface area contributed by atoms with Gasteiger partial charge < -0.3 is 9.32 Å².